The Morgan fingerprint density at radius 3 is 1.44 bits per heavy atom. The summed E-state index contributed by atoms with van der Waals surface area (Å²) in [6.07, 6.45) is -39.6. The van der Waals surface area contributed by atoms with Crippen molar-refractivity contribution < 1.29 is 134 Å². The molecule has 4 rings (SSSR count). The summed E-state index contributed by atoms with van der Waals surface area (Å²) in [6, 6.07) is -3.17. The molecule has 4 fully saturated rings. The second-order valence-corrected chi connectivity index (χ2v) is 15.5. The maximum atomic E-state index is 12.7. The molecule has 1 unspecified atom stereocenters. The van der Waals surface area contributed by atoms with Crippen molar-refractivity contribution in [2.45, 2.75) is 161 Å². The van der Waals surface area contributed by atoms with E-state index in [1.807, 2.05) is 0 Å². The Kier molecular flexibility index (Phi) is 18.0. The van der Waals surface area contributed by atoms with Crippen molar-refractivity contribution in [3.8, 4) is 0 Å². The average molecular weight is 925 g/mol. The molecule has 18 N–H and O–H groups in total. The summed E-state index contributed by atoms with van der Waals surface area (Å²) in [5, 5.41) is 171. The van der Waals surface area contributed by atoms with E-state index in [-0.39, 0.29) is 0 Å². The van der Waals surface area contributed by atoms with Crippen molar-refractivity contribution in [2.24, 2.45) is 0 Å². The van der Waals surface area contributed by atoms with Gasteiger partial charge in [-0.25, -0.2) is 9.59 Å². The molecule has 0 aliphatic carbocycles. The van der Waals surface area contributed by atoms with Gasteiger partial charge in [-0.2, -0.15) is 0 Å². The largest absolute Gasteiger partial charge is 0.477 e. The summed E-state index contributed by atoms with van der Waals surface area (Å²) in [7, 11) is 0. The standard InChI is InChI=1S/C34H56N2O27/c1-9(39)35-17-11(41)3-33(31(53)54,62-27(17)19(45)13(43)5-37)57-7-15-21(47)22(48)25(51)30(60-15)61-26-16(59-29(52)24(50)23(26)49)8-58-34(32(55)56)4-12(42)18(36-10(2)40)28(63-34)20(46)14(44)6-38/h11-30,37-38,41-52H,3-8H2,1-2H3,(H,35,39)(H,36,40)(H,53,54)(H,55,56)/t11-,12-,13+,14+,15+,16+,17+,18+,19+,20+,21-,22-,23+,24+,25+,26+,27+,28+,29?,30-,33+,34+/m0/s1. The zero-order valence-electron chi connectivity index (χ0n) is 33.4. The Bertz CT molecular complexity index is 1570. The van der Waals surface area contributed by atoms with Crippen LogP contribution in [-0.4, -0.2) is 266 Å². The molecule has 0 radical (unpaired) electrons. The average Bonchev–Trinajstić information content (AvgIpc) is 3.22. The fourth-order valence-electron chi connectivity index (χ4n) is 7.53. The summed E-state index contributed by atoms with van der Waals surface area (Å²) < 4.78 is 38.5. The van der Waals surface area contributed by atoms with Crippen molar-refractivity contribution in [1.29, 1.82) is 0 Å². The van der Waals surface area contributed by atoms with Gasteiger partial charge >= 0.3 is 11.9 Å². The molecule has 0 aromatic carbocycles. The van der Waals surface area contributed by atoms with E-state index in [0.717, 1.165) is 13.8 Å². The van der Waals surface area contributed by atoms with Gasteiger partial charge in [0.15, 0.2) is 12.6 Å². The van der Waals surface area contributed by atoms with Crippen LogP contribution in [0.25, 0.3) is 0 Å². The molecule has 0 spiro atoms. The number of amides is 2. The molecule has 63 heavy (non-hydrogen) atoms. The molecule has 364 valence electrons. The van der Waals surface area contributed by atoms with Crippen LogP contribution in [0.3, 0.4) is 0 Å². The third-order valence-electron chi connectivity index (χ3n) is 11.0. The lowest BCUT2D eigenvalue weighted by molar-refractivity contribution is -0.371. The molecular formula is C34H56N2O27. The molecule has 4 aliphatic rings. The first-order valence-corrected chi connectivity index (χ1v) is 19.3. The zero-order chi connectivity index (χ0) is 47.5. The smallest absolute Gasteiger partial charge is 0.364 e. The van der Waals surface area contributed by atoms with Crippen LogP contribution in [-0.2, 0) is 52.3 Å². The number of carbonyl (C=O) groups is 4. The molecule has 29 nitrogen and oxygen atoms in total. The number of carbonyl (C=O) groups excluding carboxylic acids is 2. The van der Waals surface area contributed by atoms with Crippen molar-refractivity contribution in [3.63, 3.8) is 0 Å². The molecule has 0 aromatic rings. The van der Waals surface area contributed by atoms with Crippen molar-refractivity contribution >= 4 is 23.8 Å². The van der Waals surface area contributed by atoms with Crippen LogP contribution < -0.4 is 10.6 Å². The van der Waals surface area contributed by atoms with Gasteiger partial charge in [-0.3, -0.25) is 9.59 Å². The highest BCUT2D eigenvalue weighted by atomic mass is 16.8. The Morgan fingerprint density at radius 1 is 0.619 bits per heavy atom. The van der Waals surface area contributed by atoms with Gasteiger partial charge in [0, 0.05) is 26.7 Å². The molecule has 2 amide bonds. The lowest BCUT2D eigenvalue weighted by Gasteiger charge is -2.48. The van der Waals surface area contributed by atoms with Crippen LogP contribution in [0.15, 0.2) is 0 Å². The van der Waals surface area contributed by atoms with E-state index in [2.05, 4.69) is 10.6 Å². The van der Waals surface area contributed by atoms with Crippen molar-refractivity contribution in [2.75, 3.05) is 26.4 Å². The molecule has 4 saturated heterocycles. The Morgan fingerprint density at radius 2 is 1.05 bits per heavy atom. The van der Waals surface area contributed by atoms with E-state index in [1.165, 1.54) is 0 Å². The number of ether oxygens (including phenoxy) is 7. The third-order valence-corrected chi connectivity index (χ3v) is 11.0. The van der Waals surface area contributed by atoms with Gasteiger partial charge in [0.1, 0.15) is 85.5 Å². The number of rotatable bonds is 18. The van der Waals surface area contributed by atoms with E-state index >= 15 is 0 Å². The Hall–Kier alpha value is -2.96. The first-order valence-electron chi connectivity index (χ1n) is 19.3. The second-order valence-electron chi connectivity index (χ2n) is 15.5. The zero-order valence-corrected chi connectivity index (χ0v) is 33.4. The Balaban J connectivity index is 1.58. The van der Waals surface area contributed by atoms with Crippen LogP contribution in [0, 0.1) is 0 Å². The van der Waals surface area contributed by atoms with Gasteiger partial charge in [-0.15, -0.1) is 0 Å². The Labute approximate surface area is 355 Å². The predicted molar refractivity (Wildman–Crippen MR) is 191 cm³/mol. The second kappa shape index (κ2) is 21.6. The highest BCUT2D eigenvalue weighted by Crippen LogP contribution is 2.37. The number of aliphatic hydroxyl groups is 14. The fourth-order valence-corrected chi connectivity index (χ4v) is 7.53. The highest BCUT2D eigenvalue weighted by molar-refractivity contribution is 5.77. The lowest BCUT2D eigenvalue weighted by atomic mass is 9.88. The van der Waals surface area contributed by atoms with Gasteiger partial charge in [0.2, 0.25) is 11.8 Å². The number of carboxylic acid groups (broad SMARTS) is 2. The molecule has 0 aromatic heterocycles. The van der Waals surface area contributed by atoms with Gasteiger partial charge in [0.25, 0.3) is 11.6 Å². The summed E-state index contributed by atoms with van der Waals surface area (Å²) in [6.45, 7) is -2.43. The molecular weight excluding hydrogens is 868 g/mol. The molecule has 4 heterocycles. The third kappa shape index (κ3) is 11.5. The summed E-state index contributed by atoms with van der Waals surface area (Å²) in [5.41, 5.74) is 0. The minimum atomic E-state index is -3.00. The van der Waals surface area contributed by atoms with E-state index in [0.29, 0.717) is 0 Å². The number of hydrogen-bond donors (Lipinski definition) is 18. The number of nitrogens with one attached hydrogen (secondary N) is 2. The maximum Gasteiger partial charge on any atom is 0.364 e. The van der Waals surface area contributed by atoms with Crippen LogP contribution in [0.4, 0.5) is 0 Å². The minimum absolute atomic E-state index is 0.786. The van der Waals surface area contributed by atoms with Crippen LogP contribution in [0.1, 0.15) is 26.7 Å². The number of aliphatic hydroxyl groups excluding tert-OH is 14. The highest BCUT2D eigenvalue weighted by Gasteiger charge is 2.59. The lowest BCUT2D eigenvalue weighted by Crippen LogP contribution is -2.69. The quantitative estimate of drug-likeness (QED) is 0.0607. The van der Waals surface area contributed by atoms with Gasteiger partial charge in [0.05, 0.1) is 50.7 Å². The van der Waals surface area contributed by atoms with Gasteiger partial charge in [-0.1, -0.05) is 0 Å². The fraction of sp³-hybridized carbons (Fsp3) is 0.882. The number of aliphatic carboxylic acids is 2. The van der Waals surface area contributed by atoms with Crippen LogP contribution >= 0.6 is 0 Å². The molecule has 0 bridgehead atoms. The SMILES string of the molecule is CC(=O)N[C@H]1[C@H]([C@H](O)[C@H](O)CO)O[C@@](OC[C@H]2O[C@@H](O[C@H]3[C@H](O)[C@@H](O)C(O)O[C@@H]3CO[C@]3(C(=O)O)C[C@H](O)[C@@H](NC(C)=O)[C@H]([C@H](O)[C@H](O)CO)O3)[C@H](O)[C@@H](O)[C@H]2O)(C(=O)O)C[C@@H]1O. The predicted octanol–water partition coefficient (Wildman–Crippen LogP) is -11.0. The molecule has 22 atom stereocenters. The van der Waals surface area contributed by atoms with E-state index in [9.17, 15) is 101 Å². The summed E-state index contributed by atoms with van der Waals surface area (Å²) in [5.74, 6) is -11.5. The van der Waals surface area contributed by atoms with Gasteiger partial charge in [-0.05, 0) is 0 Å². The molecule has 4 aliphatic heterocycles. The topological polar surface area (TPSA) is 481 Å². The maximum absolute atomic E-state index is 12.7. The van der Waals surface area contributed by atoms with E-state index < -0.39 is 197 Å². The normalized spacial score (nSPS) is 42.9. The summed E-state index contributed by atoms with van der Waals surface area (Å²) in [4.78, 5) is 49.0. The van der Waals surface area contributed by atoms with Crippen LogP contribution in [0.5, 0.6) is 0 Å². The van der Waals surface area contributed by atoms with Crippen molar-refractivity contribution in [3.05, 3.63) is 0 Å². The van der Waals surface area contributed by atoms with E-state index in [4.69, 9.17) is 33.2 Å². The van der Waals surface area contributed by atoms with Crippen LogP contribution in [0.2, 0.25) is 0 Å². The first-order chi connectivity index (χ1) is 29.3. The number of carboxylic acids is 2. The first kappa shape index (κ1) is 52.7. The minimum Gasteiger partial charge on any atom is -0.477 e. The van der Waals surface area contributed by atoms with Crippen molar-refractivity contribution in [1.82, 2.24) is 10.6 Å². The monoisotopic (exact) mass is 924 g/mol. The number of hydrogen-bond acceptors (Lipinski definition) is 25. The summed E-state index contributed by atoms with van der Waals surface area (Å²) >= 11 is 0. The van der Waals surface area contributed by atoms with E-state index in [1.54, 1.807) is 0 Å². The molecule has 0 saturated carbocycles. The van der Waals surface area contributed by atoms with Gasteiger partial charge < -0.3 is 125 Å². The molecule has 29 heteroatoms.